The molecular formula is C17H22N4O3S2. The van der Waals surface area contributed by atoms with E-state index in [4.69, 9.17) is 0 Å². The molecule has 7 nitrogen and oxygen atoms in total. The molecule has 0 saturated carbocycles. The summed E-state index contributed by atoms with van der Waals surface area (Å²) in [6.07, 6.45) is 3.96. The second-order valence-corrected chi connectivity index (χ2v) is 9.05. The zero-order valence-corrected chi connectivity index (χ0v) is 16.4. The minimum atomic E-state index is -3.61. The summed E-state index contributed by atoms with van der Waals surface area (Å²) in [4.78, 5) is 15.4. The minimum Gasteiger partial charge on any atom is -0.338 e. The first-order chi connectivity index (χ1) is 12.4. The van der Waals surface area contributed by atoms with Crippen LogP contribution >= 0.6 is 11.3 Å². The average Bonchev–Trinajstić information content (AvgIpc) is 3.15. The first kappa shape index (κ1) is 18.8. The van der Waals surface area contributed by atoms with E-state index in [0.29, 0.717) is 37.4 Å². The van der Waals surface area contributed by atoms with Gasteiger partial charge in [0.15, 0.2) is 0 Å². The van der Waals surface area contributed by atoms with E-state index >= 15 is 0 Å². The van der Waals surface area contributed by atoms with Gasteiger partial charge in [0.25, 0.3) is 0 Å². The number of rotatable bonds is 4. The van der Waals surface area contributed by atoms with Crippen molar-refractivity contribution in [1.29, 1.82) is 0 Å². The van der Waals surface area contributed by atoms with Crippen molar-refractivity contribution in [3.05, 3.63) is 39.9 Å². The third-order valence-electron chi connectivity index (χ3n) is 4.36. The van der Waals surface area contributed by atoms with Gasteiger partial charge in [0.1, 0.15) is 4.90 Å². The van der Waals surface area contributed by atoms with Crippen LogP contribution in [0.1, 0.15) is 22.7 Å². The molecule has 0 aliphatic carbocycles. The maximum atomic E-state index is 13.0. The Kier molecular flexibility index (Phi) is 5.59. The molecule has 1 saturated heterocycles. The second kappa shape index (κ2) is 7.73. The summed E-state index contributed by atoms with van der Waals surface area (Å²) >= 11 is 1.57. The van der Waals surface area contributed by atoms with Gasteiger partial charge in [-0.05, 0) is 37.8 Å². The Morgan fingerprint density at radius 1 is 1.27 bits per heavy atom. The highest BCUT2D eigenvalue weighted by Gasteiger charge is 2.31. The summed E-state index contributed by atoms with van der Waals surface area (Å²) in [7, 11) is -3.61. The molecule has 140 valence electrons. The molecule has 3 rings (SSSR count). The van der Waals surface area contributed by atoms with Crippen molar-refractivity contribution in [2.75, 3.05) is 26.2 Å². The molecule has 0 aromatic carbocycles. The topological polar surface area (TPSA) is 86.4 Å². The van der Waals surface area contributed by atoms with Gasteiger partial charge in [-0.2, -0.15) is 9.40 Å². The first-order valence-electron chi connectivity index (χ1n) is 8.42. The molecule has 9 heteroatoms. The number of aryl methyl sites for hydroxylation is 2. The molecule has 2 aromatic heterocycles. The Morgan fingerprint density at radius 3 is 2.73 bits per heavy atom. The highest BCUT2D eigenvalue weighted by Crippen LogP contribution is 2.23. The number of carbonyl (C=O) groups excluding carboxylic acids is 1. The van der Waals surface area contributed by atoms with Gasteiger partial charge in [0.05, 0.1) is 11.4 Å². The standard InChI is InChI=1S/C17H22N4O3S2/c1-13-17(14(2)19-18-13)26(23,24)21-9-4-8-20(10-11-21)16(22)7-6-15-5-3-12-25-15/h3,5-7,12H,4,8-11H2,1-2H3,(H,18,19)/b7-6+. The Labute approximate surface area is 157 Å². The van der Waals surface area contributed by atoms with E-state index in [1.807, 2.05) is 17.5 Å². The summed E-state index contributed by atoms with van der Waals surface area (Å²) in [5.41, 5.74) is 1.01. The highest BCUT2D eigenvalue weighted by atomic mass is 32.2. The van der Waals surface area contributed by atoms with Crippen LogP contribution in [0.25, 0.3) is 6.08 Å². The van der Waals surface area contributed by atoms with Crippen molar-refractivity contribution >= 4 is 33.3 Å². The molecule has 0 unspecified atom stereocenters. The number of hydrogen-bond acceptors (Lipinski definition) is 5. The molecule has 2 aromatic rings. The fourth-order valence-corrected chi connectivity index (χ4v) is 5.47. The smallest absolute Gasteiger partial charge is 0.246 e. The van der Waals surface area contributed by atoms with Crippen LogP contribution in [0.4, 0.5) is 0 Å². The molecule has 1 N–H and O–H groups in total. The maximum absolute atomic E-state index is 13.0. The number of hydrogen-bond donors (Lipinski definition) is 1. The normalized spacial score (nSPS) is 16.9. The summed E-state index contributed by atoms with van der Waals surface area (Å²) in [5.74, 6) is -0.0895. The molecule has 0 bridgehead atoms. The summed E-state index contributed by atoms with van der Waals surface area (Å²) < 4.78 is 27.4. The Balaban J connectivity index is 1.69. The van der Waals surface area contributed by atoms with Crippen LogP contribution in [0.15, 0.2) is 28.5 Å². The van der Waals surface area contributed by atoms with E-state index in [2.05, 4.69) is 10.2 Å². The number of H-pyrrole nitrogens is 1. The van der Waals surface area contributed by atoms with Crippen LogP contribution in [0.5, 0.6) is 0 Å². The molecule has 1 fully saturated rings. The number of amides is 1. The molecule has 0 atom stereocenters. The van der Waals surface area contributed by atoms with E-state index in [0.717, 1.165) is 4.88 Å². The first-order valence-corrected chi connectivity index (χ1v) is 10.7. The SMILES string of the molecule is Cc1n[nH]c(C)c1S(=O)(=O)N1CCCN(C(=O)/C=C/c2cccs2)CC1. The molecule has 1 amide bonds. The zero-order chi connectivity index (χ0) is 18.7. The van der Waals surface area contributed by atoms with Crippen LogP contribution in [-0.4, -0.2) is 59.9 Å². The predicted octanol–water partition coefficient (Wildman–Crippen LogP) is 2.02. The minimum absolute atomic E-state index is 0.0895. The van der Waals surface area contributed by atoms with E-state index in [-0.39, 0.29) is 17.3 Å². The van der Waals surface area contributed by atoms with Crippen molar-refractivity contribution in [3.8, 4) is 0 Å². The monoisotopic (exact) mass is 394 g/mol. The lowest BCUT2D eigenvalue weighted by Crippen LogP contribution is -2.37. The van der Waals surface area contributed by atoms with Crippen molar-refractivity contribution in [2.45, 2.75) is 25.2 Å². The molecule has 0 spiro atoms. The van der Waals surface area contributed by atoms with Crippen LogP contribution < -0.4 is 0 Å². The van der Waals surface area contributed by atoms with Crippen molar-refractivity contribution in [2.24, 2.45) is 0 Å². The zero-order valence-electron chi connectivity index (χ0n) is 14.8. The van der Waals surface area contributed by atoms with Gasteiger partial charge in [-0.25, -0.2) is 8.42 Å². The Hall–Kier alpha value is -1.97. The van der Waals surface area contributed by atoms with Gasteiger partial charge in [-0.3, -0.25) is 9.89 Å². The largest absolute Gasteiger partial charge is 0.338 e. The quantitative estimate of drug-likeness (QED) is 0.804. The van der Waals surface area contributed by atoms with Crippen LogP contribution in [0.2, 0.25) is 0 Å². The van der Waals surface area contributed by atoms with E-state index in [1.165, 1.54) is 4.31 Å². The van der Waals surface area contributed by atoms with E-state index in [1.54, 1.807) is 42.2 Å². The van der Waals surface area contributed by atoms with Gasteiger partial charge in [-0.1, -0.05) is 6.07 Å². The molecular weight excluding hydrogens is 372 g/mol. The third kappa shape index (κ3) is 3.89. The third-order valence-corrected chi connectivity index (χ3v) is 7.36. The van der Waals surface area contributed by atoms with Gasteiger partial charge in [0, 0.05) is 37.1 Å². The number of aromatic nitrogens is 2. The number of nitrogens with zero attached hydrogens (tertiary/aromatic N) is 3. The lowest BCUT2D eigenvalue weighted by Gasteiger charge is -2.21. The lowest BCUT2D eigenvalue weighted by atomic mass is 10.3. The Morgan fingerprint density at radius 2 is 2.08 bits per heavy atom. The fourth-order valence-electron chi connectivity index (χ4n) is 3.05. The molecule has 1 aliphatic rings. The predicted molar refractivity (Wildman–Crippen MR) is 101 cm³/mol. The summed E-state index contributed by atoms with van der Waals surface area (Å²) in [6, 6.07) is 3.88. The van der Waals surface area contributed by atoms with Gasteiger partial charge >= 0.3 is 0 Å². The van der Waals surface area contributed by atoms with Crippen molar-refractivity contribution < 1.29 is 13.2 Å². The molecule has 26 heavy (non-hydrogen) atoms. The van der Waals surface area contributed by atoms with Crippen LogP contribution in [0, 0.1) is 13.8 Å². The van der Waals surface area contributed by atoms with Crippen molar-refractivity contribution in [1.82, 2.24) is 19.4 Å². The van der Waals surface area contributed by atoms with E-state index < -0.39 is 10.0 Å². The number of aromatic amines is 1. The maximum Gasteiger partial charge on any atom is 0.246 e. The molecule has 0 radical (unpaired) electrons. The van der Waals surface area contributed by atoms with Gasteiger partial charge < -0.3 is 4.90 Å². The van der Waals surface area contributed by atoms with E-state index in [9.17, 15) is 13.2 Å². The highest BCUT2D eigenvalue weighted by molar-refractivity contribution is 7.89. The molecule has 1 aliphatic heterocycles. The van der Waals surface area contributed by atoms with Gasteiger partial charge in [-0.15, -0.1) is 11.3 Å². The fraction of sp³-hybridized carbons (Fsp3) is 0.412. The number of thiophene rings is 1. The van der Waals surface area contributed by atoms with Gasteiger partial charge in [0.2, 0.25) is 15.9 Å². The lowest BCUT2D eigenvalue weighted by molar-refractivity contribution is -0.125. The summed E-state index contributed by atoms with van der Waals surface area (Å²) in [5, 5.41) is 8.67. The molecule has 3 heterocycles. The van der Waals surface area contributed by atoms with Crippen molar-refractivity contribution in [3.63, 3.8) is 0 Å². The second-order valence-electron chi connectivity index (χ2n) is 6.19. The van der Waals surface area contributed by atoms with Crippen LogP contribution in [-0.2, 0) is 14.8 Å². The number of nitrogens with one attached hydrogen (secondary N) is 1. The number of carbonyl (C=O) groups is 1. The van der Waals surface area contributed by atoms with Crippen LogP contribution in [0.3, 0.4) is 0 Å². The Bertz CT molecular complexity index is 881. The summed E-state index contributed by atoms with van der Waals surface area (Å²) in [6.45, 7) is 4.98. The average molecular weight is 395 g/mol. The number of sulfonamides is 1.